The van der Waals surface area contributed by atoms with Gasteiger partial charge in [0.2, 0.25) is 10.0 Å². The van der Waals surface area contributed by atoms with E-state index in [1.807, 2.05) is 13.0 Å². The fourth-order valence-electron chi connectivity index (χ4n) is 2.59. The number of carboxylic acids is 1. The average Bonchev–Trinajstić information content (AvgIpc) is 2.38. The first-order valence-corrected chi connectivity index (χ1v) is 8.18. The Kier molecular flexibility index (Phi) is 4.45. The van der Waals surface area contributed by atoms with Crippen molar-refractivity contribution in [1.29, 1.82) is 0 Å². The summed E-state index contributed by atoms with van der Waals surface area (Å²) in [6.45, 7) is 1.83. The van der Waals surface area contributed by atoms with Crippen molar-refractivity contribution in [3.8, 4) is 0 Å². The van der Waals surface area contributed by atoms with Crippen LogP contribution < -0.4 is 4.72 Å². The van der Waals surface area contributed by atoms with Gasteiger partial charge in [0.15, 0.2) is 0 Å². The van der Waals surface area contributed by atoms with Gasteiger partial charge in [0.25, 0.3) is 0 Å². The molecule has 0 saturated heterocycles. The van der Waals surface area contributed by atoms with Crippen LogP contribution in [0.2, 0.25) is 0 Å². The third-order valence-electron chi connectivity index (χ3n) is 3.65. The largest absolute Gasteiger partial charge is 0.481 e. The fourth-order valence-corrected chi connectivity index (χ4v) is 3.98. The molecular formula is C14H19NO4S. The van der Waals surface area contributed by atoms with Gasteiger partial charge in [-0.05, 0) is 43.9 Å². The van der Waals surface area contributed by atoms with E-state index in [1.165, 1.54) is 0 Å². The van der Waals surface area contributed by atoms with E-state index < -0.39 is 21.9 Å². The van der Waals surface area contributed by atoms with E-state index in [1.54, 1.807) is 18.2 Å². The number of aliphatic carboxylic acids is 1. The highest BCUT2D eigenvalue weighted by atomic mass is 32.2. The zero-order valence-electron chi connectivity index (χ0n) is 11.4. The minimum absolute atomic E-state index is 0.231. The number of aryl methyl sites for hydroxylation is 1. The zero-order chi connectivity index (χ0) is 14.8. The molecule has 1 saturated carbocycles. The van der Waals surface area contributed by atoms with Crippen LogP contribution in [0.1, 0.15) is 31.2 Å². The Morgan fingerprint density at radius 2 is 2.10 bits per heavy atom. The lowest BCUT2D eigenvalue weighted by Crippen LogP contribution is -2.39. The lowest BCUT2D eigenvalue weighted by molar-refractivity contribution is -0.143. The number of sulfonamides is 1. The van der Waals surface area contributed by atoms with Crippen molar-refractivity contribution in [1.82, 2.24) is 4.72 Å². The van der Waals surface area contributed by atoms with Gasteiger partial charge in [0.05, 0.1) is 10.8 Å². The molecule has 0 bridgehead atoms. The molecule has 0 heterocycles. The van der Waals surface area contributed by atoms with Gasteiger partial charge in [0.1, 0.15) is 0 Å². The molecule has 0 spiro atoms. The van der Waals surface area contributed by atoms with E-state index in [9.17, 15) is 13.2 Å². The first-order valence-electron chi connectivity index (χ1n) is 6.70. The molecule has 1 aromatic rings. The maximum Gasteiger partial charge on any atom is 0.306 e. The van der Waals surface area contributed by atoms with Gasteiger partial charge < -0.3 is 5.11 Å². The van der Waals surface area contributed by atoms with E-state index in [0.717, 1.165) is 12.0 Å². The standard InChI is InChI=1S/C14H19NO4S/c1-10-4-2-7-13(8-10)20(18,19)15-12-6-3-5-11(9-12)14(16)17/h2,4,7-8,11-12,15H,3,5-6,9H2,1H3,(H,16,17). The molecule has 2 rings (SSSR count). The molecule has 1 aliphatic carbocycles. The first kappa shape index (κ1) is 15.0. The summed E-state index contributed by atoms with van der Waals surface area (Å²) in [4.78, 5) is 11.2. The highest BCUT2D eigenvalue weighted by Crippen LogP contribution is 2.25. The summed E-state index contributed by atoms with van der Waals surface area (Å²) in [5, 5.41) is 9.03. The Labute approximate surface area is 119 Å². The van der Waals surface area contributed by atoms with Crippen LogP contribution in [0.3, 0.4) is 0 Å². The molecule has 2 N–H and O–H groups in total. The van der Waals surface area contributed by atoms with Crippen molar-refractivity contribution in [3.63, 3.8) is 0 Å². The predicted molar refractivity (Wildman–Crippen MR) is 74.9 cm³/mol. The molecule has 0 radical (unpaired) electrons. The van der Waals surface area contributed by atoms with Crippen molar-refractivity contribution < 1.29 is 18.3 Å². The Morgan fingerprint density at radius 3 is 2.75 bits per heavy atom. The number of hydrogen-bond acceptors (Lipinski definition) is 3. The fraction of sp³-hybridized carbons (Fsp3) is 0.500. The first-order chi connectivity index (χ1) is 9.38. The van der Waals surface area contributed by atoms with Crippen LogP contribution in [0.4, 0.5) is 0 Å². The Balaban J connectivity index is 2.10. The summed E-state index contributed by atoms with van der Waals surface area (Å²) in [7, 11) is -3.57. The molecule has 20 heavy (non-hydrogen) atoms. The summed E-state index contributed by atoms with van der Waals surface area (Å²) in [6, 6.07) is 6.40. The minimum atomic E-state index is -3.57. The Bertz CT molecular complexity index is 597. The SMILES string of the molecule is Cc1cccc(S(=O)(=O)NC2CCCC(C(=O)O)C2)c1. The van der Waals surface area contributed by atoms with Gasteiger partial charge in [0, 0.05) is 6.04 Å². The molecule has 2 unspecified atom stereocenters. The molecule has 0 aromatic heterocycles. The smallest absolute Gasteiger partial charge is 0.306 e. The van der Waals surface area contributed by atoms with Crippen LogP contribution in [0.5, 0.6) is 0 Å². The zero-order valence-corrected chi connectivity index (χ0v) is 12.2. The third kappa shape index (κ3) is 3.58. The van der Waals surface area contributed by atoms with Gasteiger partial charge in [-0.25, -0.2) is 13.1 Å². The summed E-state index contributed by atoms with van der Waals surface area (Å²) < 4.78 is 27.2. The third-order valence-corrected chi connectivity index (χ3v) is 5.16. The van der Waals surface area contributed by atoms with Crippen LogP contribution in [-0.2, 0) is 14.8 Å². The molecule has 5 nitrogen and oxygen atoms in total. The maximum atomic E-state index is 12.3. The van der Waals surface area contributed by atoms with E-state index >= 15 is 0 Å². The molecular weight excluding hydrogens is 278 g/mol. The average molecular weight is 297 g/mol. The van der Waals surface area contributed by atoms with Crippen molar-refractivity contribution in [2.24, 2.45) is 5.92 Å². The van der Waals surface area contributed by atoms with Crippen LogP contribution in [0.25, 0.3) is 0 Å². The normalized spacial score (nSPS) is 23.4. The van der Waals surface area contributed by atoms with Gasteiger partial charge in [-0.15, -0.1) is 0 Å². The van der Waals surface area contributed by atoms with Crippen molar-refractivity contribution in [3.05, 3.63) is 29.8 Å². The number of hydrogen-bond donors (Lipinski definition) is 2. The summed E-state index contributed by atoms with van der Waals surface area (Å²) in [5.74, 6) is -1.29. The number of benzene rings is 1. The monoisotopic (exact) mass is 297 g/mol. The van der Waals surface area contributed by atoms with Gasteiger partial charge in [-0.2, -0.15) is 0 Å². The molecule has 110 valence electrons. The van der Waals surface area contributed by atoms with Gasteiger partial charge >= 0.3 is 5.97 Å². The highest BCUT2D eigenvalue weighted by molar-refractivity contribution is 7.89. The number of carboxylic acid groups (broad SMARTS) is 1. The van der Waals surface area contributed by atoms with E-state index in [4.69, 9.17) is 5.11 Å². The highest BCUT2D eigenvalue weighted by Gasteiger charge is 2.29. The number of nitrogens with one attached hydrogen (secondary N) is 1. The maximum absolute atomic E-state index is 12.3. The Morgan fingerprint density at radius 1 is 1.35 bits per heavy atom. The summed E-state index contributed by atoms with van der Waals surface area (Å²) >= 11 is 0. The van der Waals surface area contributed by atoms with Crippen molar-refractivity contribution in [2.45, 2.75) is 43.5 Å². The van der Waals surface area contributed by atoms with Gasteiger partial charge in [-0.1, -0.05) is 18.6 Å². The van der Waals surface area contributed by atoms with Crippen LogP contribution in [0.15, 0.2) is 29.2 Å². The number of carbonyl (C=O) groups is 1. The predicted octanol–water partition coefficient (Wildman–Crippen LogP) is 1.92. The Hall–Kier alpha value is -1.40. The molecule has 0 aliphatic heterocycles. The van der Waals surface area contributed by atoms with E-state index in [-0.39, 0.29) is 10.9 Å². The quantitative estimate of drug-likeness (QED) is 0.889. The summed E-state index contributed by atoms with van der Waals surface area (Å²) in [5.41, 5.74) is 0.875. The van der Waals surface area contributed by atoms with Gasteiger partial charge in [-0.3, -0.25) is 4.79 Å². The second-order valence-electron chi connectivity index (χ2n) is 5.34. The molecule has 2 atom stereocenters. The topological polar surface area (TPSA) is 83.5 Å². The molecule has 1 aromatic carbocycles. The lowest BCUT2D eigenvalue weighted by atomic mass is 9.86. The number of rotatable bonds is 4. The van der Waals surface area contributed by atoms with E-state index in [2.05, 4.69) is 4.72 Å². The molecule has 1 fully saturated rings. The molecule has 1 aliphatic rings. The lowest BCUT2D eigenvalue weighted by Gasteiger charge is -2.27. The van der Waals surface area contributed by atoms with Crippen molar-refractivity contribution in [2.75, 3.05) is 0 Å². The minimum Gasteiger partial charge on any atom is -0.481 e. The van der Waals surface area contributed by atoms with E-state index in [0.29, 0.717) is 19.3 Å². The van der Waals surface area contributed by atoms with Crippen LogP contribution in [-0.4, -0.2) is 25.5 Å². The second-order valence-corrected chi connectivity index (χ2v) is 7.05. The van der Waals surface area contributed by atoms with Crippen molar-refractivity contribution >= 4 is 16.0 Å². The summed E-state index contributed by atoms with van der Waals surface area (Å²) in [6.07, 6.45) is 2.41. The second kappa shape index (κ2) is 5.93. The van der Waals surface area contributed by atoms with Crippen LogP contribution >= 0.6 is 0 Å². The molecule has 6 heteroatoms. The molecule has 0 amide bonds. The van der Waals surface area contributed by atoms with Crippen LogP contribution in [0, 0.1) is 12.8 Å².